The minimum absolute atomic E-state index is 0. The fraction of sp³-hybridized carbons (Fsp3) is 0.308. The molecule has 4 rings (SSSR count). The number of halogens is 1. The number of hydrogen-bond acceptors (Lipinski definition) is 5. The van der Waals surface area contributed by atoms with Crippen LogP contribution in [0.2, 0.25) is 0 Å². The van der Waals surface area contributed by atoms with Crippen LogP contribution in [0.25, 0.3) is 21.5 Å². The zero-order valence-electron chi connectivity index (χ0n) is 10.9. The van der Waals surface area contributed by atoms with E-state index < -0.39 is 0 Å². The molecule has 3 aromatic rings. The van der Waals surface area contributed by atoms with E-state index in [2.05, 4.69) is 32.3 Å². The van der Waals surface area contributed by atoms with Gasteiger partial charge in [-0.15, -0.1) is 12.4 Å². The summed E-state index contributed by atoms with van der Waals surface area (Å²) >= 11 is 1.48. The van der Waals surface area contributed by atoms with Crippen molar-refractivity contribution in [3.8, 4) is 11.3 Å². The summed E-state index contributed by atoms with van der Waals surface area (Å²) in [6.45, 7) is 4.04. The van der Waals surface area contributed by atoms with Crippen molar-refractivity contribution in [1.82, 2.24) is 24.5 Å². The van der Waals surface area contributed by atoms with Gasteiger partial charge in [0.25, 0.3) is 0 Å². The van der Waals surface area contributed by atoms with E-state index in [1.165, 1.54) is 17.2 Å². The average molecular weight is 308 g/mol. The van der Waals surface area contributed by atoms with Crippen LogP contribution in [0.1, 0.15) is 18.7 Å². The fourth-order valence-electron chi connectivity index (χ4n) is 2.56. The van der Waals surface area contributed by atoms with Crippen LogP contribution in [0.5, 0.6) is 0 Å². The van der Waals surface area contributed by atoms with Crippen LogP contribution in [0, 0.1) is 0 Å². The van der Waals surface area contributed by atoms with Crippen LogP contribution in [0.3, 0.4) is 0 Å². The summed E-state index contributed by atoms with van der Waals surface area (Å²) < 4.78 is 7.45. The quantitative estimate of drug-likeness (QED) is 0.751. The highest BCUT2D eigenvalue weighted by atomic mass is 35.5. The number of pyridine rings is 1. The van der Waals surface area contributed by atoms with Crippen LogP contribution >= 0.6 is 23.9 Å². The second-order valence-electron chi connectivity index (χ2n) is 4.84. The van der Waals surface area contributed by atoms with E-state index in [1.807, 2.05) is 18.5 Å². The smallest absolute Gasteiger partial charge is 0.102 e. The molecule has 1 aliphatic rings. The largest absolute Gasteiger partial charge is 0.309 e. The van der Waals surface area contributed by atoms with Gasteiger partial charge in [-0.05, 0) is 30.6 Å². The Morgan fingerprint density at radius 2 is 2.35 bits per heavy atom. The predicted molar refractivity (Wildman–Crippen MR) is 82.3 cm³/mol. The SMILES string of the molecule is C[C@H]1CNCc2cc(-c3ccnc4cnsc34)nn21.Cl. The lowest BCUT2D eigenvalue weighted by molar-refractivity contribution is 0.392. The molecule has 0 saturated carbocycles. The van der Waals surface area contributed by atoms with Crippen molar-refractivity contribution in [2.45, 2.75) is 19.5 Å². The second kappa shape index (κ2) is 5.12. The number of nitrogens with zero attached hydrogens (tertiary/aromatic N) is 4. The molecule has 0 aromatic carbocycles. The molecule has 0 aliphatic carbocycles. The van der Waals surface area contributed by atoms with Gasteiger partial charge in [-0.1, -0.05) is 0 Å². The molecule has 1 aliphatic heterocycles. The van der Waals surface area contributed by atoms with Crippen LogP contribution in [0.15, 0.2) is 24.5 Å². The summed E-state index contributed by atoms with van der Waals surface area (Å²) in [5.41, 5.74) is 4.33. The zero-order valence-corrected chi connectivity index (χ0v) is 12.5. The monoisotopic (exact) mass is 307 g/mol. The molecule has 0 bridgehead atoms. The van der Waals surface area contributed by atoms with Gasteiger partial charge in [0, 0.05) is 24.8 Å². The standard InChI is InChI=1S/C13H13N5S.ClH/c1-8-5-14-6-9-4-11(17-18(8)9)10-2-3-15-12-7-16-19-13(10)12;/h2-4,7-8,14H,5-6H2,1H3;1H/t8-;/m0./s1. The third-order valence-electron chi connectivity index (χ3n) is 3.50. The Morgan fingerprint density at radius 1 is 1.45 bits per heavy atom. The lowest BCUT2D eigenvalue weighted by Crippen LogP contribution is -2.31. The third kappa shape index (κ3) is 2.00. The molecule has 0 saturated heterocycles. The molecule has 0 spiro atoms. The minimum Gasteiger partial charge on any atom is -0.309 e. The molecule has 104 valence electrons. The van der Waals surface area contributed by atoms with Gasteiger partial charge < -0.3 is 5.32 Å². The topological polar surface area (TPSA) is 55.6 Å². The van der Waals surface area contributed by atoms with Crippen molar-refractivity contribution in [2.75, 3.05) is 6.54 Å². The second-order valence-corrected chi connectivity index (χ2v) is 5.65. The van der Waals surface area contributed by atoms with Gasteiger partial charge >= 0.3 is 0 Å². The van der Waals surface area contributed by atoms with E-state index in [4.69, 9.17) is 5.10 Å². The molecule has 3 aromatic heterocycles. The molecule has 0 unspecified atom stereocenters. The molecular weight excluding hydrogens is 294 g/mol. The van der Waals surface area contributed by atoms with E-state index in [0.29, 0.717) is 6.04 Å². The summed E-state index contributed by atoms with van der Waals surface area (Å²) in [5.74, 6) is 0. The molecule has 1 N–H and O–H groups in total. The first-order valence-corrected chi connectivity index (χ1v) is 7.09. The molecular formula is C13H14ClN5S. The van der Waals surface area contributed by atoms with Crippen molar-refractivity contribution in [1.29, 1.82) is 0 Å². The Bertz CT molecular complexity index is 750. The predicted octanol–water partition coefficient (Wildman–Crippen LogP) is 2.64. The summed E-state index contributed by atoms with van der Waals surface area (Å²) in [4.78, 5) is 4.33. The van der Waals surface area contributed by atoms with E-state index in [0.717, 1.165) is 34.6 Å². The highest BCUT2D eigenvalue weighted by Crippen LogP contribution is 2.30. The van der Waals surface area contributed by atoms with Crippen molar-refractivity contribution in [3.05, 3.63) is 30.2 Å². The van der Waals surface area contributed by atoms with Gasteiger partial charge in [0.05, 0.1) is 28.3 Å². The average Bonchev–Trinajstić information content (AvgIpc) is 3.05. The Labute approximate surface area is 126 Å². The number of aromatic nitrogens is 4. The van der Waals surface area contributed by atoms with Crippen LogP contribution in [-0.2, 0) is 6.54 Å². The van der Waals surface area contributed by atoms with Crippen LogP contribution < -0.4 is 5.32 Å². The van der Waals surface area contributed by atoms with E-state index >= 15 is 0 Å². The number of fused-ring (bicyclic) bond motifs is 2. The van der Waals surface area contributed by atoms with Crippen LogP contribution in [0.4, 0.5) is 0 Å². The highest BCUT2D eigenvalue weighted by molar-refractivity contribution is 7.13. The maximum absolute atomic E-state index is 4.76. The molecule has 0 radical (unpaired) electrons. The van der Waals surface area contributed by atoms with E-state index in [9.17, 15) is 0 Å². The summed E-state index contributed by atoms with van der Waals surface area (Å²) in [6.07, 6.45) is 3.63. The maximum Gasteiger partial charge on any atom is 0.102 e. The molecule has 0 amide bonds. The number of rotatable bonds is 1. The first kappa shape index (κ1) is 13.5. The van der Waals surface area contributed by atoms with Crippen LogP contribution in [-0.4, -0.2) is 25.7 Å². The van der Waals surface area contributed by atoms with E-state index in [1.54, 1.807) is 0 Å². The number of nitrogens with one attached hydrogen (secondary N) is 1. The van der Waals surface area contributed by atoms with E-state index in [-0.39, 0.29) is 12.4 Å². The molecule has 5 nitrogen and oxygen atoms in total. The van der Waals surface area contributed by atoms with Crippen molar-refractivity contribution < 1.29 is 0 Å². The Balaban J connectivity index is 0.00000121. The Morgan fingerprint density at radius 3 is 3.20 bits per heavy atom. The Kier molecular flexibility index (Phi) is 3.45. The molecule has 7 heteroatoms. The van der Waals surface area contributed by atoms with Gasteiger partial charge in [-0.3, -0.25) is 9.67 Å². The normalized spacial score (nSPS) is 17.8. The van der Waals surface area contributed by atoms with Gasteiger partial charge in [-0.25, -0.2) is 0 Å². The summed E-state index contributed by atoms with van der Waals surface area (Å²) in [7, 11) is 0. The first-order chi connectivity index (χ1) is 9.33. The van der Waals surface area contributed by atoms with Gasteiger partial charge in [-0.2, -0.15) is 9.47 Å². The minimum atomic E-state index is 0. The summed E-state index contributed by atoms with van der Waals surface area (Å²) in [6, 6.07) is 4.58. The fourth-order valence-corrected chi connectivity index (χ4v) is 3.28. The van der Waals surface area contributed by atoms with Crippen molar-refractivity contribution in [2.24, 2.45) is 0 Å². The van der Waals surface area contributed by atoms with Gasteiger partial charge in [0.15, 0.2) is 0 Å². The molecule has 1 atom stereocenters. The highest BCUT2D eigenvalue weighted by Gasteiger charge is 2.19. The lowest BCUT2D eigenvalue weighted by Gasteiger charge is -2.21. The lowest BCUT2D eigenvalue weighted by atomic mass is 10.1. The van der Waals surface area contributed by atoms with Gasteiger partial charge in [0.1, 0.15) is 5.52 Å². The summed E-state index contributed by atoms with van der Waals surface area (Å²) in [5, 5.41) is 8.16. The Hall–Kier alpha value is -1.50. The van der Waals surface area contributed by atoms with Gasteiger partial charge in [0.2, 0.25) is 0 Å². The third-order valence-corrected chi connectivity index (χ3v) is 4.33. The number of hydrogen-bond donors (Lipinski definition) is 1. The molecule has 0 fully saturated rings. The first-order valence-electron chi connectivity index (χ1n) is 6.32. The molecule has 4 heterocycles. The van der Waals surface area contributed by atoms with Crippen molar-refractivity contribution in [3.63, 3.8) is 0 Å². The molecule has 20 heavy (non-hydrogen) atoms. The van der Waals surface area contributed by atoms with Crippen molar-refractivity contribution >= 4 is 34.2 Å². The zero-order chi connectivity index (χ0) is 12.8. The maximum atomic E-state index is 4.76.